The number of benzene rings is 2. The molecule has 3 aromatic rings. The van der Waals surface area contributed by atoms with Crippen molar-refractivity contribution in [1.29, 1.82) is 5.26 Å². The molecule has 0 aliphatic carbocycles. The number of ether oxygens (including phenoxy) is 1. The Bertz CT molecular complexity index is 1130. The van der Waals surface area contributed by atoms with E-state index in [0.29, 0.717) is 33.3 Å². The molecule has 1 aromatic heterocycles. The molecule has 0 fully saturated rings. The standard InChI is InChI=1S/C23H19N3O3S/c1-3-19(27)25-22-20(16-7-5-4-6-8-16)26-21(30-22)18(14-24)13-15-9-11-17(12-10-15)23(28)29-2/h4-13H,3H2,1-2H3,(H,25,27)/b18-13+. The Hall–Kier alpha value is -3.76. The Morgan fingerprint density at radius 2 is 1.87 bits per heavy atom. The molecule has 0 bridgehead atoms. The van der Waals surface area contributed by atoms with Crippen LogP contribution in [-0.4, -0.2) is 24.0 Å². The molecule has 0 radical (unpaired) electrons. The summed E-state index contributed by atoms with van der Waals surface area (Å²) >= 11 is 1.25. The molecule has 1 N–H and O–H groups in total. The van der Waals surface area contributed by atoms with Gasteiger partial charge >= 0.3 is 5.97 Å². The topological polar surface area (TPSA) is 92.1 Å². The molecular formula is C23H19N3O3S. The van der Waals surface area contributed by atoms with Crippen LogP contribution in [0.1, 0.15) is 34.3 Å². The first-order valence-electron chi connectivity index (χ1n) is 9.22. The number of esters is 1. The number of methoxy groups -OCH3 is 1. The van der Waals surface area contributed by atoms with Crippen molar-refractivity contribution in [2.24, 2.45) is 0 Å². The van der Waals surface area contributed by atoms with Crippen LogP contribution in [0.25, 0.3) is 22.9 Å². The molecule has 0 saturated heterocycles. The van der Waals surface area contributed by atoms with Gasteiger partial charge in [0.2, 0.25) is 5.91 Å². The number of thiazole rings is 1. The van der Waals surface area contributed by atoms with Gasteiger partial charge in [0.15, 0.2) is 0 Å². The third-order valence-corrected chi connectivity index (χ3v) is 5.25. The maximum atomic E-state index is 12.0. The molecule has 1 amide bonds. The van der Waals surface area contributed by atoms with Crippen LogP contribution in [0.4, 0.5) is 5.00 Å². The van der Waals surface area contributed by atoms with Gasteiger partial charge in [0.25, 0.3) is 0 Å². The Morgan fingerprint density at radius 1 is 1.17 bits per heavy atom. The first-order chi connectivity index (χ1) is 14.5. The summed E-state index contributed by atoms with van der Waals surface area (Å²) in [6, 6.07) is 18.4. The van der Waals surface area contributed by atoms with Gasteiger partial charge in [0.1, 0.15) is 21.8 Å². The van der Waals surface area contributed by atoms with Crippen LogP contribution in [0.3, 0.4) is 0 Å². The highest BCUT2D eigenvalue weighted by Gasteiger charge is 2.17. The van der Waals surface area contributed by atoms with Crippen molar-refractivity contribution in [3.05, 3.63) is 70.7 Å². The highest BCUT2D eigenvalue weighted by Crippen LogP contribution is 2.36. The van der Waals surface area contributed by atoms with Crippen LogP contribution < -0.4 is 5.32 Å². The number of allylic oxidation sites excluding steroid dienone is 1. The van der Waals surface area contributed by atoms with Crippen molar-refractivity contribution in [2.75, 3.05) is 12.4 Å². The van der Waals surface area contributed by atoms with Gasteiger partial charge in [0.05, 0.1) is 18.2 Å². The van der Waals surface area contributed by atoms with Gasteiger partial charge in [-0.25, -0.2) is 9.78 Å². The van der Waals surface area contributed by atoms with E-state index in [1.54, 1.807) is 37.3 Å². The summed E-state index contributed by atoms with van der Waals surface area (Å²) in [6.07, 6.45) is 2.04. The minimum atomic E-state index is -0.422. The smallest absolute Gasteiger partial charge is 0.337 e. The van der Waals surface area contributed by atoms with Crippen molar-refractivity contribution in [3.8, 4) is 17.3 Å². The molecular weight excluding hydrogens is 398 g/mol. The summed E-state index contributed by atoms with van der Waals surface area (Å²) in [5.41, 5.74) is 3.01. The summed E-state index contributed by atoms with van der Waals surface area (Å²) < 4.78 is 4.70. The summed E-state index contributed by atoms with van der Waals surface area (Å²) in [5.74, 6) is -0.543. The quantitative estimate of drug-likeness (QED) is 0.450. The van der Waals surface area contributed by atoms with E-state index in [2.05, 4.69) is 16.4 Å². The fourth-order valence-corrected chi connectivity index (χ4v) is 3.64. The first-order valence-corrected chi connectivity index (χ1v) is 10.0. The molecule has 0 unspecified atom stereocenters. The first kappa shape index (κ1) is 21.0. The third kappa shape index (κ3) is 4.80. The number of carbonyl (C=O) groups is 2. The van der Waals surface area contributed by atoms with Gasteiger partial charge in [-0.15, -0.1) is 0 Å². The minimum absolute atomic E-state index is 0.122. The Morgan fingerprint density at radius 3 is 2.47 bits per heavy atom. The average Bonchev–Trinajstić information content (AvgIpc) is 3.21. The van der Waals surface area contributed by atoms with Gasteiger partial charge in [-0.3, -0.25) is 4.79 Å². The number of nitriles is 1. The molecule has 0 saturated carbocycles. The monoisotopic (exact) mass is 417 g/mol. The van der Waals surface area contributed by atoms with Crippen LogP contribution in [0, 0.1) is 11.3 Å². The fourth-order valence-electron chi connectivity index (χ4n) is 2.67. The van der Waals surface area contributed by atoms with Crippen LogP contribution in [0.2, 0.25) is 0 Å². The van der Waals surface area contributed by atoms with Crippen molar-refractivity contribution < 1.29 is 14.3 Å². The van der Waals surface area contributed by atoms with E-state index in [4.69, 9.17) is 4.74 Å². The highest BCUT2D eigenvalue weighted by atomic mass is 32.1. The van der Waals surface area contributed by atoms with Crippen LogP contribution in [0.15, 0.2) is 54.6 Å². The van der Waals surface area contributed by atoms with Gasteiger partial charge in [-0.1, -0.05) is 60.7 Å². The average molecular weight is 417 g/mol. The molecule has 0 aliphatic heterocycles. The Balaban J connectivity index is 2.00. The number of aromatic nitrogens is 1. The molecule has 150 valence electrons. The van der Waals surface area contributed by atoms with Crippen LogP contribution >= 0.6 is 11.3 Å². The third-order valence-electron chi connectivity index (χ3n) is 4.24. The number of anilines is 1. The van der Waals surface area contributed by atoms with E-state index in [0.717, 1.165) is 11.1 Å². The van der Waals surface area contributed by atoms with E-state index in [-0.39, 0.29) is 5.91 Å². The van der Waals surface area contributed by atoms with E-state index < -0.39 is 5.97 Å². The number of carbonyl (C=O) groups excluding carboxylic acids is 2. The largest absolute Gasteiger partial charge is 0.465 e. The highest BCUT2D eigenvalue weighted by molar-refractivity contribution is 7.17. The molecule has 0 atom stereocenters. The minimum Gasteiger partial charge on any atom is -0.465 e. The second-order valence-corrected chi connectivity index (χ2v) is 7.25. The number of nitrogens with one attached hydrogen (secondary N) is 1. The number of amides is 1. The number of hydrogen-bond donors (Lipinski definition) is 1. The van der Waals surface area contributed by atoms with Crippen LogP contribution in [0.5, 0.6) is 0 Å². The summed E-state index contributed by atoms with van der Waals surface area (Å²) in [4.78, 5) is 28.2. The molecule has 7 heteroatoms. The second-order valence-electron chi connectivity index (χ2n) is 6.25. The number of hydrogen-bond acceptors (Lipinski definition) is 6. The molecule has 1 heterocycles. The lowest BCUT2D eigenvalue weighted by molar-refractivity contribution is -0.115. The molecule has 0 spiro atoms. The Labute approximate surface area is 178 Å². The van der Waals surface area contributed by atoms with Crippen molar-refractivity contribution in [1.82, 2.24) is 4.98 Å². The zero-order chi connectivity index (χ0) is 21.5. The zero-order valence-corrected chi connectivity index (χ0v) is 17.3. The summed E-state index contributed by atoms with van der Waals surface area (Å²) in [7, 11) is 1.33. The van der Waals surface area contributed by atoms with Gasteiger partial charge in [-0.05, 0) is 23.8 Å². The lowest BCUT2D eigenvalue weighted by Gasteiger charge is -2.03. The molecule has 0 aliphatic rings. The lowest BCUT2D eigenvalue weighted by atomic mass is 10.1. The van der Waals surface area contributed by atoms with Crippen LogP contribution in [-0.2, 0) is 9.53 Å². The second kappa shape index (κ2) is 9.63. The van der Waals surface area contributed by atoms with Crippen molar-refractivity contribution in [2.45, 2.75) is 13.3 Å². The summed E-state index contributed by atoms with van der Waals surface area (Å²) in [6.45, 7) is 1.78. The zero-order valence-electron chi connectivity index (χ0n) is 16.5. The number of rotatable bonds is 6. The molecule has 30 heavy (non-hydrogen) atoms. The SMILES string of the molecule is CCC(=O)Nc1sc(/C(C#N)=C/c2ccc(C(=O)OC)cc2)nc1-c1ccccc1. The Kier molecular flexibility index (Phi) is 6.73. The van der Waals surface area contributed by atoms with Gasteiger partial charge in [-0.2, -0.15) is 5.26 Å². The van der Waals surface area contributed by atoms with E-state index >= 15 is 0 Å². The normalized spacial score (nSPS) is 10.9. The summed E-state index contributed by atoms with van der Waals surface area (Å²) in [5, 5.41) is 13.7. The van der Waals surface area contributed by atoms with Gasteiger partial charge < -0.3 is 10.1 Å². The number of nitrogens with zero attached hydrogens (tertiary/aromatic N) is 2. The molecule has 3 rings (SSSR count). The lowest BCUT2D eigenvalue weighted by Crippen LogP contribution is -2.08. The molecule has 6 nitrogen and oxygen atoms in total. The molecule has 2 aromatic carbocycles. The maximum absolute atomic E-state index is 12.0. The van der Waals surface area contributed by atoms with E-state index in [1.807, 2.05) is 30.3 Å². The maximum Gasteiger partial charge on any atom is 0.337 e. The predicted molar refractivity (Wildman–Crippen MR) is 118 cm³/mol. The fraction of sp³-hybridized carbons (Fsp3) is 0.130. The van der Waals surface area contributed by atoms with Crippen molar-refractivity contribution in [3.63, 3.8) is 0 Å². The predicted octanol–water partition coefficient (Wildman–Crippen LogP) is 5.01. The van der Waals surface area contributed by atoms with Gasteiger partial charge in [0, 0.05) is 12.0 Å². The van der Waals surface area contributed by atoms with E-state index in [1.165, 1.54) is 18.4 Å². The van der Waals surface area contributed by atoms with E-state index in [9.17, 15) is 14.9 Å². The van der Waals surface area contributed by atoms with Crippen molar-refractivity contribution >= 4 is 39.9 Å².